The van der Waals surface area contributed by atoms with Crippen LogP contribution in [0.15, 0.2) is 36.4 Å². The molecule has 0 radical (unpaired) electrons. The SMILES string of the molecule is CC1CCC(c2ccc(C(=O)Oc3cc(F)[c-]c(F)c3)cc2)CC1.[Y+3]. The summed E-state index contributed by atoms with van der Waals surface area (Å²) in [6.45, 7) is 2.28. The molecule has 0 amide bonds. The Balaban J connectivity index is 0.00000225. The van der Waals surface area contributed by atoms with E-state index in [0.29, 0.717) is 11.5 Å². The molecular formula is C20H19F2O2Y+2. The Morgan fingerprint density at radius 2 is 1.60 bits per heavy atom. The predicted octanol–water partition coefficient (Wildman–Crippen LogP) is 5.28. The molecule has 0 spiro atoms. The van der Waals surface area contributed by atoms with Crippen LogP contribution in [0, 0.1) is 23.6 Å². The van der Waals surface area contributed by atoms with Gasteiger partial charge in [0.1, 0.15) is 0 Å². The van der Waals surface area contributed by atoms with Gasteiger partial charge in [0.05, 0.1) is 5.56 Å². The van der Waals surface area contributed by atoms with E-state index in [-0.39, 0.29) is 38.5 Å². The van der Waals surface area contributed by atoms with E-state index in [1.54, 1.807) is 12.1 Å². The zero-order valence-electron chi connectivity index (χ0n) is 14.1. The third-order valence-electron chi connectivity index (χ3n) is 4.62. The molecule has 0 unspecified atom stereocenters. The molecule has 0 heterocycles. The van der Waals surface area contributed by atoms with Crippen LogP contribution in [0.2, 0.25) is 0 Å². The van der Waals surface area contributed by atoms with Gasteiger partial charge >= 0.3 is 38.7 Å². The van der Waals surface area contributed by atoms with Crippen molar-refractivity contribution in [1.29, 1.82) is 0 Å². The second kappa shape index (κ2) is 9.00. The molecule has 3 rings (SSSR count). The van der Waals surface area contributed by atoms with Crippen LogP contribution in [0.25, 0.3) is 0 Å². The largest absolute Gasteiger partial charge is 3.00 e. The van der Waals surface area contributed by atoms with E-state index in [2.05, 4.69) is 6.92 Å². The van der Waals surface area contributed by atoms with Gasteiger partial charge in [0.15, 0.2) is 0 Å². The van der Waals surface area contributed by atoms with Gasteiger partial charge in [-0.25, -0.2) is 13.6 Å². The molecule has 1 fully saturated rings. The Bertz CT molecular complexity index is 703. The summed E-state index contributed by atoms with van der Waals surface area (Å²) < 4.78 is 31.2. The summed E-state index contributed by atoms with van der Waals surface area (Å²) in [5.41, 5.74) is 1.58. The van der Waals surface area contributed by atoms with Gasteiger partial charge in [0.25, 0.3) is 0 Å². The number of carbonyl (C=O) groups excluding carboxylic acids is 1. The van der Waals surface area contributed by atoms with E-state index in [0.717, 1.165) is 18.1 Å². The van der Waals surface area contributed by atoms with Crippen molar-refractivity contribution in [1.82, 2.24) is 0 Å². The number of esters is 1. The van der Waals surface area contributed by atoms with Crippen LogP contribution in [0.1, 0.15) is 54.4 Å². The molecule has 0 aromatic heterocycles. The molecular weight excluding hydrogens is 399 g/mol. The third kappa shape index (κ3) is 5.42. The Morgan fingerprint density at radius 3 is 2.16 bits per heavy atom. The molecule has 0 bridgehead atoms. The fourth-order valence-electron chi connectivity index (χ4n) is 3.19. The molecule has 1 aliphatic rings. The molecule has 0 aliphatic heterocycles. The second-order valence-corrected chi connectivity index (χ2v) is 6.48. The molecule has 2 aromatic rings. The van der Waals surface area contributed by atoms with Crippen LogP contribution in [0.5, 0.6) is 5.75 Å². The van der Waals surface area contributed by atoms with E-state index >= 15 is 0 Å². The Kier molecular flexibility index (Phi) is 7.27. The van der Waals surface area contributed by atoms with Gasteiger partial charge in [-0.05, 0) is 42.4 Å². The van der Waals surface area contributed by atoms with E-state index in [4.69, 9.17) is 4.74 Å². The van der Waals surface area contributed by atoms with Crippen LogP contribution < -0.4 is 4.74 Å². The Labute approximate surface area is 171 Å². The summed E-state index contributed by atoms with van der Waals surface area (Å²) in [7, 11) is 0. The fraction of sp³-hybridized carbons (Fsp3) is 0.350. The van der Waals surface area contributed by atoms with Crippen molar-refractivity contribution >= 4 is 5.97 Å². The minimum atomic E-state index is -0.903. The minimum absolute atomic E-state index is 0. The first kappa shape index (κ1) is 20.2. The van der Waals surface area contributed by atoms with Crippen molar-refractivity contribution in [2.75, 3.05) is 0 Å². The number of ether oxygens (including phenoxy) is 1. The van der Waals surface area contributed by atoms with Crippen molar-refractivity contribution < 1.29 is 51.0 Å². The minimum Gasteiger partial charge on any atom is -0.449 e. The van der Waals surface area contributed by atoms with Gasteiger partial charge in [-0.15, -0.1) is 6.07 Å². The maximum atomic E-state index is 13.1. The Hall–Kier alpha value is -1.13. The van der Waals surface area contributed by atoms with Crippen LogP contribution in [-0.4, -0.2) is 5.97 Å². The summed E-state index contributed by atoms with van der Waals surface area (Å²) in [5, 5.41) is 0. The van der Waals surface area contributed by atoms with Gasteiger partial charge in [0.2, 0.25) is 0 Å². The van der Waals surface area contributed by atoms with E-state index < -0.39 is 17.6 Å². The molecule has 0 saturated heterocycles. The molecule has 0 N–H and O–H groups in total. The van der Waals surface area contributed by atoms with Gasteiger partial charge in [-0.2, -0.15) is 0 Å². The summed E-state index contributed by atoms with van der Waals surface area (Å²) in [6.07, 6.45) is 4.81. The molecule has 126 valence electrons. The predicted molar refractivity (Wildman–Crippen MR) is 87.0 cm³/mol. The van der Waals surface area contributed by atoms with Crippen molar-refractivity contribution in [2.45, 2.75) is 38.5 Å². The number of hydrogen-bond donors (Lipinski definition) is 0. The zero-order chi connectivity index (χ0) is 17.1. The molecule has 2 aromatic carbocycles. The van der Waals surface area contributed by atoms with Gasteiger partial charge in [0, 0.05) is 17.4 Å². The van der Waals surface area contributed by atoms with Crippen molar-refractivity contribution in [3.63, 3.8) is 0 Å². The van der Waals surface area contributed by atoms with E-state index in [9.17, 15) is 13.6 Å². The van der Waals surface area contributed by atoms with Crippen molar-refractivity contribution in [2.24, 2.45) is 5.92 Å². The normalized spacial score (nSPS) is 19.8. The topological polar surface area (TPSA) is 26.3 Å². The standard InChI is InChI=1S/C20H19F2O2.Y/c1-13-2-4-14(5-3-13)15-6-8-16(9-7-15)20(23)24-19-11-17(21)10-18(22)12-19;/h6-9,11-14H,2-5H2,1H3;/q-1;+3. The maximum Gasteiger partial charge on any atom is 3.00 e. The average Bonchev–Trinajstić information content (AvgIpc) is 2.55. The first-order valence-corrected chi connectivity index (χ1v) is 8.22. The summed E-state index contributed by atoms with van der Waals surface area (Å²) in [4.78, 5) is 12.1. The summed E-state index contributed by atoms with van der Waals surface area (Å²) in [6, 6.07) is 11.0. The zero-order valence-corrected chi connectivity index (χ0v) is 16.9. The van der Waals surface area contributed by atoms with Crippen LogP contribution >= 0.6 is 0 Å². The fourth-order valence-corrected chi connectivity index (χ4v) is 3.19. The van der Waals surface area contributed by atoms with Gasteiger partial charge in [-0.3, -0.25) is 0 Å². The van der Waals surface area contributed by atoms with Crippen molar-refractivity contribution in [3.8, 4) is 5.75 Å². The molecule has 1 aliphatic carbocycles. The quantitative estimate of drug-likeness (QED) is 0.386. The first-order chi connectivity index (χ1) is 11.5. The Morgan fingerprint density at radius 1 is 1.04 bits per heavy atom. The number of benzene rings is 2. The first-order valence-electron chi connectivity index (χ1n) is 8.22. The summed E-state index contributed by atoms with van der Waals surface area (Å²) in [5.74, 6) is -1.28. The van der Waals surface area contributed by atoms with Gasteiger partial charge in [-0.1, -0.05) is 44.0 Å². The number of halogens is 2. The summed E-state index contributed by atoms with van der Waals surface area (Å²) >= 11 is 0. The average molecular weight is 418 g/mol. The van der Waals surface area contributed by atoms with E-state index in [1.807, 2.05) is 18.2 Å². The molecule has 0 atom stereocenters. The number of hydrogen-bond acceptors (Lipinski definition) is 2. The number of carbonyl (C=O) groups is 1. The molecule has 25 heavy (non-hydrogen) atoms. The van der Waals surface area contributed by atoms with E-state index in [1.165, 1.54) is 31.2 Å². The second-order valence-electron chi connectivity index (χ2n) is 6.48. The number of rotatable bonds is 3. The van der Waals surface area contributed by atoms with Crippen molar-refractivity contribution in [3.05, 3.63) is 65.2 Å². The van der Waals surface area contributed by atoms with Gasteiger partial charge < -0.3 is 4.74 Å². The molecule has 5 heteroatoms. The van der Waals surface area contributed by atoms with Crippen LogP contribution in [-0.2, 0) is 32.7 Å². The van der Waals surface area contributed by atoms with Crippen LogP contribution in [0.3, 0.4) is 0 Å². The maximum absolute atomic E-state index is 13.1. The third-order valence-corrected chi connectivity index (χ3v) is 4.62. The molecule has 1 saturated carbocycles. The van der Waals surface area contributed by atoms with Crippen LogP contribution in [0.4, 0.5) is 8.78 Å². The molecule has 2 nitrogen and oxygen atoms in total. The smallest absolute Gasteiger partial charge is 0.449 e. The monoisotopic (exact) mass is 418 g/mol.